The fourth-order valence-corrected chi connectivity index (χ4v) is 2.34. The molecule has 3 heterocycles. The van der Waals surface area contributed by atoms with Gasteiger partial charge >= 0.3 is 6.03 Å². The van der Waals surface area contributed by atoms with E-state index in [-0.39, 0.29) is 6.03 Å². The molecule has 0 saturated carbocycles. The quantitative estimate of drug-likeness (QED) is 0.787. The molecule has 0 atom stereocenters. The first kappa shape index (κ1) is 11.9. The molecule has 0 aromatic carbocycles. The van der Waals surface area contributed by atoms with E-state index in [9.17, 15) is 4.79 Å². The minimum atomic E-state index is 0.0161. The predicted octanol–water partition coefficient (Wildman–Crippen LogP) is 2.40. The lowest BCUT2D eigenvalue weighted by molar-refractivity contribution is 0.188. The molecule has 1 amide bonds. The van der Waals surface area contributed by atoms with Crippen LogP contribution in [0.15, 0.2) is 37.1 Å². The maximum Gasteiger partial charge on any atom is 0.329 e. The fourth-order valence-electron chi connectivity index (χ4n) is 2.34. The summed E-state index contributed by atoms with van der Waals surface area (Å²) in [5.74, 6) is 0. The molecule has 0 unspecified atom stereocenters. The Labute approximate surface area is 111 Å². The third-order valence-corrected chi connectivity index (χ3v) is 3.39. The average Bonchev–Trinajstić information content (AvgIpc) is 2.98. The van der Waals surface area contributed by atoms with Crippen LogP contribution in [-0.4, -0.2) is 38.6 Å². The molecule has 98 valence electrons. The summed E-state index contributed by atoms with van der Waals surface area (Å²) < 4.78 is 1.56. The fraction of sp³-hybridized carbons (Fsp3) is 0.357. The number of imidazole rings is 1. The Balaban J connectivity index is 1.79. The molecule has 0 N–H and O–H groups in total. The summed E-state index contributed by atoms with van der Waals surface area (Å²) in [4.78, 5) is 22.5. The second kappa shape index (κ2) is 5.22. The first-order chi connectivity index (χ1) is 9.34. The van der Waals surface area contributed by atoms with Gasteiger partial charge in [0.05, 0.1) is 5.69 Å². The smallest absolute Gasteiger partial charge is 0.324 e. The minimum Gasteiger partial charge on any atom is -0.324 e. The van der Waals surface area contributed by atoms with E-state index < -0.39 is 0 Å². The maximum atomic E-state index is 12.3. The molecular weight excluding hydrogens is 240 g/mol. The number of amides is 1. The minimum absolute atomic E-state index is 0.0161. The third-order valence-electron chi connectivity index (χ3n) is 3.39. The predicted molar refractivity (Wildman–Crippen MR) is 71.7 cm³/mol. The zero-order valence-electron chi connectivity index (χ0n) is 10.7. The van der Waals surface area contributed by atoms with Gasteiger partial charge in [0.1, 0.15) is 6.33 Å². The van der Waals surface area contributed by atoms with E-state index in [4.69, 9.17) is 0 Å². The van der Waals surface area contributed by atoms with Gasteiger partial charge in [-0.15, -0.1) is 0 Å². The van der Waals surface area contributed by atoms with Gasteiger partial charge in [-0.2, -0.15) is 0 Å². The molecular formula is C14H16N4O. The highest BCUT2D eigenvalue weighted by molar-refractivity contribution is 5.78. The van der Waals surface area contributed by atoms with Crippen LogP contribution in [0.3, 0.4) is 0 Å². The van der Waals surface area contributed by atoms with E-state index in [1.54, 1.807) is 29.5 Å². The number of nitrogens with zero attached hydrogens (tertiary/aromatic N) is 4. The first-order valence-corrected chi connectivity index (χ1v) is 6.58. The van der Waals surface area contributed by atoms with Crippen molar-refractivity contribution in [1.82, 2.24) is 19.4 Å². The van der Waals surface area contributed by atoms with E-state index in [1.807, 2.05) is 17.0 Å². The molecule has 0 spiro atoms. The van der Waals surface area contributed by atoms with E-state index >= 15 is 0 Å². The van der Waals surface area contributed by atoms with Crippen LogP contribution in [0.4, 0.5) is 4.79 Å². The zero-order chi connectivity index (χ0) is 13.1. The van der Waals surface area contributed by atoms with E-state index in [1.165, 1.54) is 6.42 Å². The molecule has 2 aromatic rings. The van der Waals surface area contributed by atoms with Crippen molar-refractivity contribution in [3.8, 4) is 11.3 Å². The maximum absolute atomic E-state index is 12.3. The lowest BCUT2D eigenvalue weighted by Crippen LogP contribution is -2.38. The van der Waals surface area contributed by atoms with Crippen molar-refractivity contribution in [3.63, 3.8) is 0 Å². The van der Waals surface area contributed by atoms with Crippen LogP contribution in [0.2, 0.25) is 0 Å². The second-order valence-electron chi connectivity index (χ2n) is 4.74. The normalized spacial score (nSPS) is 15.5. The summed E-state index contributed by atoms with van der Waals surface area (Å²) in [5.41, 5.74) is 1.70. The Morgan fingerprint density at radius 3 is 2.79 bits per heavy atom. The molecule has 1 aliphatic heterocycles. The van der Waals surface area contributed by atoms with Crippen LogP contribution >= 0.6 is 0 Å². The number of aromatic nitrogens is 3. The number of hydrogen-bond acceptors (Lipinski definition) is 3. The van der Waals surface area contributed by atoms with Crippen LogP contribution in [0.25, 0.3) is 11.3 Å². The lowest BCUT2D eigenvalue weighted by atomic mass is 10.1. The van der Waals surface area contributed by atoms with Crippen molar-refractivity contribution < 1.29 is 4.79 Å². The zero-order valence-corrected chi connectivity index (χ0v) is 10.7. The molecule has 1 fully saturated rings. The van der Waals surface area contributed by atoms with Crippen molar-refractivity contribution in [2.75, 3.05) is 13.1 Å². The standard InChI is InChI=1S/C14H16N4O/c19-14(17-7-2-1-3-8-17)18-10-13(16-11-18)12-5-4-6-15-9-12/h4-6,9-11H,1-3,7-8H2. The SMILES string of the molecule is O=C(N1CCCCC1)n1cnc(-c2cccnc2)c1. The number of pyridine rings is 1. The van der Waals surface area contributed by atoms with E-state index in [0.29, 0.717) is 0 Å². The summed E-state index contributed by atoms with van der Waals surface area (Å²) in [5, 5.41) is 0. The highest BCUT2D eigenvalue weighted by Crippen LogP contribution is 2.16. The summed E-state index contributed by atoms with van der Waals surface area (Å²) in [6, 6.07) is 3.81. The third kappa shape index (κ3) is 2.50. The van der Waals surface area contributed by atoms with E-state index in [0.717, 1.165) is 37.2 Å². The van der Waals surface area contributed by atoms with Crippen LogP contribution in [0.5, 0.6) is 0 Å². The molecule has 0 radical (unpaired) electrons. The van der Waals surface area contributed by atoms with Crippen molar-refractivity contribution >= 4 is 6.03 Å². The lowest BCUT2D eigenvalue weighted by Gasteiger charge is -2.26. The number of likely N-dealkylation sites (tertiary alicyclic amines) is 1. The van der Waals surface area contributed by atoms with Crippen LogP contribution in [0.1, 0.15) is 19.3 Å². The van der Waals surface area contributed by atoms with Crippen molar-refractivity contribution in [1.29, 1.82) is 0 Å². The van der Waals surface area contributed by atoms with Gasteiger partial charge in [0, 0.05) is 37.2 Å². The molecule has 5 nitrogen and oxygen atoms in total. The topological polar surface area (TPSA) is 51.0 Å². The van der Waals surface area contributed by atoms with Gasteiger partial charge in [0.2, 0.25) is 0 Å². The Bertz CT molecular complexity index is 558. The summed E-state index contributed by atoms with van der Waals surface area (Å²) in [6.07, 6.45) is 10.2. The number of rotatable bonds is 1. The molecule has 1 saturated heterocycles. The van der Waals surface area contributed by atoms with Crippen molar-refractivity contribution in [2.45, 2.75) is 19.3 Å². The Morgan fingerprint density at radius 1 is 1.21 bits per heavy atom. The van der Waals surface area contributed by atoms with E-state index in [2.05, 4.69) is 9.97 Å². The molecule has 1 aliphatic rings. The summed E-state index contributed by atoms with van der Waals surface area (Å²) >= 11 is 0. The van der Waals surface area contributed by atoms with Crippen LogP contribution in [-0.2, 0) is 0 Å². The van der Waals surface area contributed by atoms with Gasteiger partial charge in [-0.3, -0.25) is 9.55 Å². The van der Waals surface area contributed by atoms with Crippen LogP contribution < -0.4 is 0 Å². The first-order valence-electron chi connectivity index (χ1n) is 6.58. The number of piperidine rings is 1. The van der Waals surface area contributed by atoms with Gasteiger partial charge in [0.15, 0.2) is 0 Å². The molecule has 2 aromatic heterocycles. The van der Waals surface area contributed by atoms with Gasteiger partial charge < -0.3 is 4.90 Å². The number of carbonyl (C=O) groups is 1. The van der Waals surface area contributed by atoms with Gasteiger partial charge in [-0.25, -0.2) is 9.78 Å². The van der Waals surface area contributed by atoms with Crippen molar-refractivity contribution in [3.05, 3.63) is 37.1 Å². The number of carbonyl (C=O) groups excluding carboxylic acids is 1. The van der Waals surface area contributed by atoms with Gasteiger partial charge in [0.25, 0.3) is 0 Å². The molecule has 3 rings (SSSR count). The van der Waals surface area contributed by atoms with Gasteiger partial charge in [-0.05, 0) is 31.4 Å². The largest absolute Gasteiger partial charge is 0.329 e. The summed E-state index contributed by atoms with van der Waals surface area (Å²) in [6.45, 7) is 1.69. The van der Waals surface area contributed by atoms with Gasteiger partial charge in [-0.1, -0.05) is 0 Å². The second-order valence-corrected chi connectivity index (χ2v) is 4.74. The molecule has 0 bridgehead atoms. The Hall–Kier alpha value is -2.17. The average molecular weight is 256 g/mol. The monoisotopic (exact) mass is 256 g/mol. The Morgan fingerprint density at radius 2 is 2.05 bits per heavy atom. The van der Waals surface area contributed by atoms with Crippen LogP contribution in [0, 0.1) is 0 Å². The summed E-state index contributed by atoms with van der Waals surface area (Å²) in [7, 11) is 0. The molecule has 5 heteroatoms. The highest BCUT2D eigenvalue weighted by atomic mass is 16.2. The molecule has 0 aliphatic carbocycles. The van der Waals surface area contributed by atoms with Crippen molar-refractivity contribution in [2.24, 2.45) is 0 Å². The Kier molecular flexibility index (Phi) is 3.27. The highest BCUT2D eigenvalue weighted by Gasteiger charge is 2.18. The number of hydrogen-bond donors (Lipinski definition) is 0. The molecule has 19 heavy (non-hydrogen) atoms.